The van der Waals surface area contributed by atoms with Crippen LogP contribution in [0.4, 0.5) is 0 Å². The lowest BCUT2D eigenvalue weighted by Gasteiger charge is -2.06. The van der Waals surface area contributed by atoms with Crippen LogP contribution in [0.1, 0.15) is 31.4 Å². The van der Waals surface area contributed by atoms with Gasteiger partial charge in [0.05, 0.1) is 16.3 Å². The fourth-order valence-electron chi connectivity index (χ4n) is 2.98. The van der Waals surface area contributed by atoms with Gasteiger partial charge in [0, 0.05) is 21.6 Å². The van der Waals surface area contributed by atoms with Gasteiger partial charge in [-0.05, 0) is 48.0 Å². The predicted octanol–water partition coefficient (Wildman–Crippen LogP) is 5.94. The fraction of sp³-hybridized carbons (Fsp3) is 0.125. The minimum absolute atomic E-state index is 0.222. The molecule has 3 aromatic carbocycles. The van der Waals surface area contributed by atoms with Gasteiger partial charge in [0.25, 0.3) is 0 Å². The highest BCUT2D eigenvalue weighted by atomic mass is 32.2. The standard InChI is InChI=1S/C24H19NO3S2/c1-16-25-21(14-29-16)15-30-22-10-8-18(9-11-22)24(27)28-13-23(26)20-7-6-17-4-2-3-5-19(17)12-20/h2-12,14H,13,15H2,1H3. The van der Waals surface area contributed by atoms with Crippen molar-refractivity contribution in [3.8, 4) is 0 Å². The Labute approximate surface area is 182 Å². The van der Waals surface area contributed by atoms with Gasteiger partial charge in [-0.25, -0.2) is 9.78 Å². The quantitative estimate of drug-likeness (QED) is 0.205. The molecule has 4 aromatic rings. The fourth-order valence-corrected chi connectivity index (χ4v) is 4.49. The summed E-state index contributed by atoms with van der Waals surface area (Å²) in [6, 6.07) is 20.5. The second-order valence-corrected chi connectivity index (χ2v) is 8.84. The highest BCUT2D eigenvalue weighted by Crippen LogP contribution is 2.24. The molecule has 0 atom stereocenters. The number of ketones is 1. The second kappa shape index (κ2) is 9.24. The van der Waals surface area contributed by atoms with E-state index in [2.05, 4.69) is 10.4 Å². The Morgan fingerprint density at radius 2 is 1.70 bits per heavy atom. The van der Waals surface area contributed by atoms with E-state index < -0.39 is 5.97 Å². The number of hydrogen-bond acceptors (Lipinski definition) is 6. The lowest BCUT2D eigenvalue weighted by molar-refractivity contribution is 0.0474. The average Bonchev–Trinajstić information content (AvgIpc) is 3.21. The van der Waals surface area contributed by atoms with Crippen molar-refractivity contribution < 1.29 is 14.3 Å². The zero-order valence-corrected chi connectivity index (χ0v) is 18.0. The van der Waals surface area contributed by atoms with E-state index in [1.54, 1.807) is 41.3 Å². The third-order valence-electron chi connectivity index (χ3n) is 4.55. The van der Waals surface area contributed by atoms with Crippen LogP contribution in [0, 0.1) is 6.92 Å². The lowest BCUT2D eigenvalue weighted by atomic mass is 10.0. The van der Waals surface area contributed by atoms with E-state index in [4.69, 9.17) is 4.74 Å². The molecule has 0 amide bonds. The number of fused-ring (bicyclic) bond motifs is 1. The first kappa shape index (κ1) is 20.3. The second-order valence-electron chi connectivity index (χ2n) is 6.73. The van der Waals surface area contributed by atoms with E-state index in [-0.39, 0.29) is 12.4 Å². The molecule has 0 bridgehead atoms. The van der Waals surface area contributed by atoms with Crippen LogP contribution < -0.4 is 0 Å². The average molecular weight is 434 g/mol. The van der Waals surface area contributed by atoms with Crippen molar-refractivity contribution in [3.63, 3.8) is 0 Å². The molecule has 0 aliphatic rings. The molecule has 0 saturated heterocycles. The molecule has 0 saturated carbocycles. The van der Waals surface area contributed by atoms with E-state index in [0.29, 0.717) is 11.1 Å². The number of Topliss-reactive ketones (excluding diaryl/α,β-unsaturated/α-hetero) is 1. The summed E-state index contributed by atoms with van der Waals surface area (Å²) in [4.78, 5) is 30.2. The summed E-state index contributed by atoms with van der Waals surface area (Å²) in [7, 11) is 0. The summed E-state index contributed by atoms with van der Waals surface area (Å²) in [6.07, 6.45) is 0. The molecule has 0 unspecified atom stereocenters. The van der Waals surface area contributed by atoms with E-state index >= 15 is 0 Å². The Bertz CT molecular complexity index is 1200. The summed E-state index contributed by atoms with van der Waals surface area (Å²) in [5.41, 5.74) is 2.01. The number of benzene rings is 3. The van der Waals surface area contributed by atoms with Gasteiger partial charge in [0.15, 0.2) is 12.4 Å². The molecule has 0 aliphatic carbocycles. The molecule has 4 nitrogen and oxygen atoms in total. The molecule has 0 radical (unpaired) electrons. The molecule has 1 aromatic heterocycles. The Hall–Kier alpha value is -2.96. The molecule has 4 rings (SSSR count). The van der Waals surface area contributed by atoms with Crippen molar-refractivity contribution in [2.24, 2.45) is 0 Å². The van der Waals surface area contributed by atoms with E-state index in [1.165, 1.54) is 0 Å². The largest absolute Gasteiger partial charge is 0.454 e. The first-order valence-electron chi connectivity index (χ1n) is 9.41. The number of carbonyl (C=O) groups excluding carboxylic acids is 2. The van der Waals surface area contributed by atoms with Crippen LogP contribution in [0.5, 0.6) is 0 Å². The zero-order chi connectivity index (χ0) is 20.9. The third kappa shape index (κ3) is 4.96. The highest BCUT2D eigenvalue weighted by Gasteiger charge is 2.12. The van der Waals surface area contributed by atoms with Crippen molar-refractivity contribution in [1.29, 1.82) is 0 Å². The van der Waals surface area contributed by atoms with Crippen molar-refractivity contribution in [2.45, 2.75) is 17.6 Å². The number of aromatic nitrogens is 1. The third-order valence-corrected chi connectivity index (χ3v) is 6.42. The molecule has 150 valence electrons. The van der Waals surface area contributed by atoms with Crippen molar-refractivity contribution in [3.05, 3.63) is 93.9 Å². The van der Waals surface area contributed by atoms with Crippen LogP contribution in [0.15, 0.2) is 77.0 Å². The molecular weight excluding hydrogens is 414 g/mol. The molecule has 0 aliphatic heterocycles. The van der Waals surface area contributed by atoms with Crippen molar-refractivity contribution in [2.75, 3.05) is 6.61 Å². The van der Waals surface area contributed by atoms with Gasteiger partial charge in [-0.2, -0.15) is 0 Å². The molecule has 30 heavy (non-hydrogen) atoms. The van der Waals surface area contributed by atoms with Crippen LogP contribution >= 0.6 is 23.1 Å². The SMILES string of the molecule is Cc1nc(CSc2ccc(C(=O)OCC(=O)c3ccc4ccccc4c3)cc2)cs1. The van der Waals surface area contributed by atoms with Crippen molar-refractivity contribution >= 4 is 45.6 Å². The van der Waals surface area contributed by atoms with Crippen LogP contribution in [-0.2, 0) is 10.5 Å². The molecule has 1 heterocycles. The van der Waals surface area contributed by atoms with Gasteiger partial charge in [0.2, 0.25) is 0 Å². The maximum atomic E-state index is 12.4. The normalized spacial score (nSPS) is 10.8. The maximum absolute atomic E-state index is 12.4. The van der Waals surface area contributed by atoms with Gasteiger partial charge < -0.3 is 4.74 Å². The number of thiazole rings is 1. The Balaban J connectivity index is 1.32. The van der Waals surface area contributed by atoms with E-state index in [0.717, 1.165) is 32.1 Å². The van der Waals surface area contributed by atoms with Gasteiger partial charge in [-0.1, -0.05) is 36.4 Å². The first-order chi connectivity index (χ1) is 14.6. The summed E-state index contributed by atoms with van der Waals surface area (Å²) in [5, 5.41) is 5.16. The highest BCUT2D eigenvalue weighted by molar-refractivity contribution is 7.98. The van der Waals surface area contributed by atoms with Crippen LogP contribution in [0.2, 0.25) is 0 Å². The topological polar surface area (TPSA) is 56.3 Å². The Kier molecular flexibility index (Phi) is 6.26. The van der Waals surface area contributed by atoms with Gasteiger partial charge in [-0.15, -0.1) is 23.1 Å². The number of ether oxygens (including phenoxy) is 1. The van der Waals surface area contributed by atoms with Crippen molar-refractivity contribution in [1.82, 2.24) is 4.98 Å². The van der Waals surface area contributed by atoms with Gasteiger partial charge in [0.1, 0.15) is 0 Å². The molecule has 0 fully saturated rings. The number of aryl methyl sites for hydroxylation is 1. The number of esters is 1. The minimum Gasteiger partial charge on any atom is -0.454 e. The van der Waals surface area contributed by atoms with Gasteiger partial charge >= 0.3 is 5.97 Å². The molecule has 0 N–H and O–H groups in total. The monoisotopic (exact) mass is 433 g/mol. The summed E-state index contributed by atoms with van der Waals surface area (Å²) in [6.45, 7) is 1.71. The summed E-state index contributed by atoms with van der Waals surface area (Å²) < 4.78 is 5.22. The number of nitrogens with zero attached hydrogens (tertiary/aromatic N) is 1. The predicted molar refractivity (Wildman–Crippen MR) is 121 cm³/mol. The van der Waals surface area contributed by atoms with E-state index in [1.807, 2.05) is 55.5 Å². The molecular formula is C24H19NO3S2. The Morgan fingerprint density at radius 1 is 0.967 bits per heavy atom. The zero-order valence-electron chi connectivity index (χ0n) is 16.3. The lowest BCUT2D eigenvalue weighted by Crippen LogP contribution is -2.14. The van der Waals surface area contributed by atoms with Crippen LogP contribution in [0.25, 0.3) is 10.8 Å². The number of rotatable bonds is 7. The van der Waals surface area contributed by atoms with E-state index in [9.17, 15) is 9.59 Å². The first-order valence-corrected chi connectivity index (χ1v) is 11.3. The number of carbonyl (C=O) groups is 2. The maximum Gasteiger partial charge on any atom is 0.338 e. The number of hydrogen-bond donors (Lipinski definition) is 0. The number of thioether (sulfide) groups is 1. The Morgan fingerprint density at radius 3 is 2.43 bits per heavy atom. The summed E-state index contributed by atoms with van der Waals surface area (Å²) in [5.74, 6) is 0.0599. The molecule has 6 heteroatoms. The van der Waals surface area contributed by atoms with Crippen LogP contribution in [0.3, 0.4) is 0 Å². The summed E-state index contributed by atoms with van der Waals surface area (Å²) >= 11 is 3.30. The molecule has 0 spiro atoms. The minimum atomic E-state index is -0.504. The van der Waals surface area contributed by atoms with Crippen LogP contribution in [-0.4, -0.2) is 23.3 Å². The smallest absolute Gasteiger partial charge is 0.338 e. The van der Waals surface area contributed by atoms with Gasteiger partial charge in [-0.3, -0.25) is 4.79 Å².